The lowest BCUT2D eigenvalue weighted by Crippen LogP contribution is -2.46. The first-order valence-electron chi connectivity index (χ1n) is 6.54. The molecular formula is C14H23NO4S. The summed E-state index contributed by atoms with van der Waals surface area (Å²) in [5, 5.41) is 3.28. The van der Waals surface area contributed by atoms with Gasteiger partial charge in [0.25, 0.3) is 10.1 Å². The van der Waals surface area contributed by atoms with Crippen molar-refractivity contribution in [3.8, 4) is 0 Å². The zero-order valence-corrected chi connectivity index (χ0v) is 13.0. The Balaban J connectivity index is 2.61. The van der Waals surface area contributed by atoms with E-state index in [1.54, 1.807) is 7.11 Å². The highest BCUT2D eigenvalue weighted by Crippen LogP contribution is 2.28. The highest BCUT2D eigenvalue weighted by molar-refractivity contribution is 7.85. The Morgan fingerprint density at radius 3 is 2.40 bits per heavy atom. The van der Waals surface area contributed by atoms with E-state index >= 15 is 0 Å². The second kappa shape index (κ2) is 7.17. The fourth-order valence-corrected chi connectivity index (χ4v) is 2.74. The van der Waals surface area contributed by atoms with Crippen LogP contribution in [-0.4, -0.2) is 37.9 Å². The molecule has 1 aromatic rings. The molecule has 1 rings (SSSR count). The Labute approximate surface area is 121 Å². The molecule has 20 heavy (non-hydrogen) atoms. The van der Waals surface area contributed by atoms with Crippen LogP contribution in [0.5, 0.6) is 0 Å². The van der Waals surface area contributed by atoms with Crippen molar-refractivity contribution in [3.05, 3.63) is 35.9 Å². The van der Waals surface area contributed by atoms with Crippen LogP contribution in [0.25, 0.3) is 0 Å². The predicted molar refractivity (Wildman–Crippen MR) is 79.3 cm³/mol. The van der Waals surface area contributed by atoms with E-state index < -0.39 is 10.1 Å². The van der Waals surface area contributed by atoms with Crippen LogP contribution in [0.3, 0.4) is 0 Å². The molecule has 0 aliphatic rings. The van der Waals surface area contributed by atoms with Crippen molar-refractivity contribution in [1.29, 1.82) is 0 Å². The first-order chi connectivity index (χ1) is 9.26. The Bertz CT molecular complexity index is 499. The lowest BCUT2D eigenvalue weighted by molar-refractivity contribution is 0.0314. The molecule has 0 aromatic heterocycles. The van der Waals surface area contributed by atoms with Gasteiger partial charge in [-0.25, -0.2) is 0 Å². The maximum absolute atomic E-state index is 10.7. The van der Waals surface area contributed by atoms with Crippen molar-refractivity contribution in [1.82, 2.24) is 5.32 Å². The smallest absolute Gasteiger partial charge is 0.264 e. The number of ether oxygens (including phenoxy) is 1. The topological polar surface area (TPSA) is 75.6 Å². The van der Waals surface area contributed by atoms with E-state index in [0.29, 0.717) is 13.0 Å². The Morgan fingerprint density at radius 2 is 1.90 bits per heavy atom. The summed E-state index contributed by atoms with van der Waals surface area (Å²) < 4.78 is 35.6. The van der Waals surface area contributed by atoms with Crippen LogP contribution < -0.4 is 5.32 Å². The molecule has 114 valence electrons. The summed E-state index contributed by atoms with van der Waals surface area (Å²) in [5.74, 6) is -0.237. The zero-order chi connectivity index (χ0) is 15.2. The maximum atomic E-state index is 10.7. The van der Waals surface area contributed by atoms with Crippen LogP contribution in [0.2, 0.25) is 0 Å². The molecule has 0 aliphatic heterocycles. The third-order valence-corrected chi connectivity index (χ3v) is 3.96. The quantitative estimate of drug-likeness (QED) is 0.567. The molecule has 0 saturated carbocycles. The van der Waals surface area contributed by atoms with Crippen molar-refractivity contribution in [2.75, 3.05) is 19.4 Å². The van der Waals surface area contributed by atoms with Gasteiger partial charge in [-0.05, 0) is 32.4 Å². The summed E-state index contributed by atoms with van der Waals surface area (Å²) in [6, 6.07) is 9.85. The van der Waals surface area contributed by atoms with Gasteiger partial charge in [0.15, 0.2) is 0 Å². The van der Waals surface area contributed by atoms with E-state index in [4.69, 9.17) is 9.29 Å². The molecule has 1 unspecified atom stereocenters. The molecule has 1 atom stereocenters. The first-order valence-corrected chi connectivity index (χ1v) is 8.15. The van der Waals surface area contributed by atoms with Gasteiger partial charge in [-0.15, -0.1) is 0 Å². The van der Waals surface area contributed by atoms with Crippen LogP contribution in [0.15, 0.2) is 30.3 Å². The molecule has 0 bridgehead atoms. The van der Waals surface area contributed by atoms with Crippen LogP contribution in [0, 0.1) is 0 Å². The number of nitrogens with one attached hydrogen (secondary N) is 1. The molecule has 6 heteroatoms. The number of hydrogen-bond donors (Lipinski definition) is 2. The number of hydrogen-bond acceptors (Lipinski definition) is 4. The summed E-state index contributed by atoms with van der Waals surface area (Å²) in [4.78, 5) is 0. The van der Waals surface area contributed by atoms with Crippen LogP contribution in [-0.2, 0) is 14.9 Å². The standard InChI is InChI=1S/C14H23NO4S/c1-14(2,15-10-7-11-20(16,17)18)13(19-3)12-8-5-4-6-9-12/h4-6,8-9,13,15H,7,10-11H2,1-3H3,(H,16,17,18). The minimum atomic E-state index is -3.89. The monoisotopic (exact) mass is 301 g/mol. The van der Waals surface area contributed by atoms with E-state index in [9.17, 15) is 8.42 Å². The fourth-order valence-electron chi connectivity index (χ4n) is 2.23. The molecular weight excluding hydrogens is 278 g/mol. The Morgan fingerprint density at radius 1 is 1.30 bits per heavy atom. The molecule has 0 radical (unpaired) electrons. The normalized spacial score (nSPS) is 14.2. The summed E-state index contributed by atoms with van der Waals surface area (Å²) in [7, 11) is -2.24. The van der Waals surface area contributed by atoms with Gasteiger partial charge in [0.1, 0.15) is 0 Å². The van der Waals surface area contributed by atoms with Crippen LogP contribution >= 0.6 is 0 Å². The summed E-state index contributed by atoms with van der Waals surface area (Å²) >= 11 is 0. The van der Waals surface area contributed by atoms with E-state index in [1.807, 2.05) is 44.2 Å². The lowest BCUT2D eigenvalue weighted by Gasteiger charge is -2.34. The second-order valence-corrected chi connectivity index (χ2v) is 6.89. The van der Waals surface area contributed by atoms with Gasteiger partial charge in [0.2, 0.25) is 0 Å². The van der Waals surface area contributed by atoms with Gasteiger partial charge in [-0.1, -0.05) is 30.3 Å². The second-order valence-electron chi connectivity index (χ2n) is 5.31. The number of methoxy groups -OCH3 is 1. The molecule has 0 fully saturated rings. The minimum absolute atomic E-state index is 0.144. The van der Waals surface area contributed by atoms with E-state index in [0.717, 1.165) is 5.56 Å². The first kappa shape index (κ1) is 17.1. The van der Waals surface area contributed by atoms with Crippen molar-refractivity contribution < 1.29 is 17.7 Å². The highest BCUT2D eigenvalue weighted by Gasteiger charge is 2.30. The fraction of sp³-hybridized carbons (Fsp3) is 0.571. The van der Waals surface area contributed by atoms with Crippen molar-refractivity contribution >= 4 is 10.1 Å². The van der Waals surface area contributed by atoms with Gasteiger partial charge in [0, 0.05) is 12.6 Å². The van der Waals surface area contributed by atoms with E-state index in [1.165, 1.54) is 0 Å². The molecule has 0 spiro atoms. The van der Waals surface area contributed by atoms with Crippen molar-refractivity contribution in [2.45, 2.75) is 31.9 Å². The third-order valence-electron chi connectivity index (χ3n) is 3.15. The van der Waals surface area contributed by atoms with Crippen LogP contribution in [0.4, 0.5) is 0 Å². The summed E-state index contributed by atoms with van der Waals surface area (Å²) in [6.07, 6.45) is 0.211. The summed E-state index contributed by atoms with van der Waals surface area (Å²) in [6.45, 7) is 4.49. The largest absolute Gasteiger partial charge is 0.375 e. The highest BCUT2D eigenvalue weighted by atomic mass is 32.2. The molecule has 0 aliphatic carbocycles. The minimum Gasteiger partial charge on any atom is -0.375 e. The van der Waals surface area contributed by atoms with Gasteiger partial charge in [-0.3, -0.25) is 4.55 Å². The molecule has 0 amide bonds. The number of rotatable bonds is 8. The number of benzene rings is 1. The molecule has 1 aromatic carbocycles. The average molecular weight is 301 g/mol. The molecule has 2 N–H and O–H groups in total. The molecule has 0 heterocycles. The maximum Gasteiger partial charge on any atom is 0.264 e. The van der Waals surface area contributed by atoms with Crippen molar-refractivity contribution in [3.63, 3.8) is 0 Å². The Kier molecular flexibility index (Phi) is 6.13. The van der Waals surface area contributed by atoms with E-state index in [2.05, 4.69) is 5.32 Å². The average Bonchev–Trinajstić information content (AvgIpc) is 2.35. The van der Waals surface area contributed by atoms with Gasteiger partial charge >= 0.3 is 0 Å². The molecule has 0 saturated heterocycles. The van der Waals surface area contributed by atoms with Crippen molar-refractivity contribution in [2.24, 2.45) is 0 Å². The predicted octanol–water partition coefficient (Wildman–Crippen LogP) is 2.02. The van der Waals surface area contributed by atoms with Crippen LogP contribution in [0.1, 0.15) is 31.9 Å². The Hall–Kier alpha value is -0.950. The van der Waals surface area contributed by atoms with E-state index in [-0.39, 0.29) is 17.4 Å². The zero-order valence-electron chi connectivity index (χ0n) is 12.2. The lowest BCUT2D eigenvalue weighted by atomic mass is 9.91. The molecule has 5 nitrogen and oxygen atoms in total. The third kappa shape index (κ3) is 5.58. The van der Waals surface area contributed by atoms with Gasteiger partial charge in [-0.2, -0.15) is 8.42 Å². The van der Waals surface area contributed by atoms with Gasteiger partial charge in [0.05, 0.1) is 11.9 Å². The summed E-state index contributed by atoms with van der Waals surface area (Å²) in [5.41, 5.74) is 0.706. The SMILES string of the molecule is COC(c1ccccc1)C(C)(C)NCCCS(=O)(=O)O. The van der Waals surface area contributed by atoms with Gasteiger partial charge < -0.3 is 10.1 Å².